The number of rotatable bonds is 4. The Morgan fingerprint density at radius 2 is 1.35 bits per heavy atom. The van der Waals surface area contributed by atoms with E-state index < -0.39 is 0 Å². The number of hydrogen-bond donors (Lipinski definition) is 0. The Hall–Kier alpha value is -1.41. The molecule has 1 aliphatic rings. The van der Waals surface area contributed by atoms with Crippen LogP contribution in [0.5, 0.6) is 11.5 Å². The van der Waals surface area contributed by atoms with E-state index in [9.17, 15) is 0 Å². The third kappa shape index (κ3) is 3.80. The Morgan fingerprint density at radius 3 is 2.05 bits per heavy atom. The molecule has 0 unspecified atom stereocenters. The number of thioether (sulfide) groups is 1. The quantitative estimate of drug-likeness (QED) is 0.673. The third-order valence-electron chi connectivity index (χ3n) is 3.48. The van der Waals surface area contributed by atoms with Gasteiger partial charge >= 0.3 is 0 Å². The molecule has 0 saturated heterocycles. The van der Waals surface area contributed by atoms with E-state index in [1.807, 2.05) is 42.1 Å². The van der Waals surface area contributed by atoms with Crippen molar-refractivity contribution in [2.45, 2.75) is 37.0 Å². The molecule has 2 heteroatoms. The average Bonchev–Trinajstić information content (AvgIpc) is 2.51. The van der Waals surface area contributed by atoms with Crippen molar-refractivity contribution in [1.82, 2.24) is 0 Å². The van der Waals surface area contributed by atoms with E-state index in [-0.39, 0.29) is 0 Å². The van der Waals surface area contributed by atoms with Crippen LogP contribution < -0.4 is 4.74 Å². The summed E-state index contributed by atoms with van der Waals surface area (Å²) < 4.78 is 5.81. The summed E-state index contributed by atoms with van der Waals surface area (Å²) in [5.41, 5.74) is 0. The average molecular weight is 283 g/mol. The Bertz CT molecular complexity index is 515. The second kappa shape index (κ2) is 6.85. The molecule has 1 fully saturated rings. The van der Waals surface area contributed by atoms with Crippen molar-refractivity contribution in [3.05, 3.63) is 59.8 Å². The van der Waals surface area contributed by atoms with Crippen molar-refractivity contribution < 1.29 is 4.74 Å². The molecule has 0 heterocycles. The van der Waals surface area contributed by atoms with Gasteiger partial charge in [0.1, 0.15) is 11.5 Å². The predicted octanol–water partition coefficient (Wildman–Crippen LogP) is 6.07. The summed E-state index contributed by atoms with van der Waals surface area (Å²) in [6, 6.07) is 18.3. The molecule has 1 saturated carbocycles. The highest BCUT2D eigenvalue weighted by Crippen LogP contribution is 2.40. The van der Waals surface area contributed by atoms with Crippen LogP contribution in [0.3, 0.4) is 0 Å². The number of ether oxygens (including phenoxy) is 1. The maximum absolute atomic E-state index is 5.81. The Kier molecular flexibility index (Phi) is 4.65. The van der Waals surface area contributed by atoms with Gasteiger partial charge in [-0.05, 0) is 49.2 Å². The highest BCUT2D eigenvalue weighted by Gasteiger charge is 2.15. The van der Waals surface area contributed by atoms with E-state index in [1.165, 1.54) is 37.0 Å². The molecule has 2 aromatic carbocycles. The van der Waals surface area contributed by atoms with Crippen LogP contribution in [0, 0.1) is 5.25 Å². The van der Waals surface area contributed by atoms with E-state index in [2.05, 4.69) is 24.3 Å². The lowest BCUT2D eigenvalue weighted by Gasteiger charge is -2.20. The summed E-state index contributed by atoms with van der Waals surface area (Å²) in [5.74, 6) is 1.78. The van der Waals surface area contributed by atoms with Gasteiger partial charge in [-0.25, -0.2) is 0 Å². The molecular weight excluding hydrogens is 264 g/mol. The summed E-state index contributed by atoms with van der Waals surface area (Å²) in [5, 5.41) is 1.63. The Balaban J connectivity index is 1.59. The van der Waals surface area contributed by atoms with Crippen LogP contribution in [0.2, 0.25) is 0 Å². The normalized spacial score (nSPS) is 16.0. The topological polar surface area (TPSA) is 9.23 Å². The smallest absolute Gasteiger partial charge is 0.127 e. The third-order valence-corrected chi connectivity index (χ3v) is 4.68. The molecule has 0 aromatic heterocycles. The molecule has 3 rings (SSSR count). The summed E-state index contributed by atoms with van der Waals surface area (Å²) in [4.78, 5) is 1.32. The highest BCUT2D eigenvalue weighted by molar-refractivity contribution is 8.02. The zero-order valence-electron chi connectivity index (χ0n) is 11.5. The van der Waals surface area contributed by atoms with Crippen molar-refractivity contribution in [2.75, 3.05) is 0 Å². The lowest BCUT2D eigenvalue weighted by Crippen LogP contribution is -1.99. The minimum absolute atomic E-state index is 0.884. The molecule has 103 valence electrons. The molecule has 0 atom stereocenters. The van der Waals surface area contributed by atoms with E-state index in [1.54, 1.807) is 5.25 Å². The summed E-state index contributed by atoms with van der Waals surface area (Å²) in [6.45, 7) is 0. The highest BCUT2D eigenvalue weighted by atomic mass is 32.2. The molecule has 1 aliphatic carbocycles. The minimum atomic E-state index is 0.884. The molecule has 1 nitrogen and oxygen atoms in total. The van der Waals surface area contributed by atoms with Crippen molar-refractivity contribution in [2.24, 2.45) is 0 Å². The first-order chi connectivity index (χ1) is 9.90. The first-order valence-electron chi connectivity index (χ1n) is 7.26. The fourth-order valence-corrected chi connectivity index (χ4v) is 3.51. The van der Waals surface area contributed by atoms with Gasteiger partial charge in [-0.1, -0.05) is 37.5 Å². The van der Waals surface area contributed by atoms with E-state index in [4.69, 9.17) is 4.74 Å². The zero-order valence-corrected chi connectivity index (χ0v) is 12.4. The summed E-state index contributed by atoms with van der Waals surface area (Å²) in [6.07, 6.45) is 6.68. The molecule has 0 amide bonds. The Morgan fingerprint density at radius 1 is 0.700 bits per heavy atom. The monoisotopic (exact) mass is 283 g/mol. The molecule has 1 radical (unpaired) electrons. The fraction of sp³-hybridized carbons (Fsp3) is 0.278. The van der Waals surface area contributed by atoms with Gasteiger partial charge in [0, 0.05) is 10.1 Å². The lowest BCUT2D eigenvalue weighted by atomic mass is 10.0. The van der Waals surface area contributed by atoms with E-state index >= 15 is 0 Å². The lowest BCUT2D eigenvalue weighted by molar-refractivity contribution is 0.482. The first kappa shape index (κ1) is 13.6. The second-order valence-corrected chi connectivity index (χ2v) is 6.34. The SMILES string of the molecule is c1ccc(Oc2ccc(S[C]3CCCCC3)cc2)cc1. The van der Waals surface area contributed by atoms with Gasteiger partial charge in [-0.15, -0.1) is 11.8 Å². The van der Waals surface area contributed by atoms with Gasteiger partial charge in [-0.3, -0.25) is 0 Å². The van der Waals surface area contributed by atoms with Crippen LogP contribution in [0.1, 0.15) is 32.1 Å². The van der Waals surface area contributed by atoms with Gasteiger partial charge in [0.05, 0.1) is 0 Å². The van der Waals surface area contributed by atoms with Crippen LogP contribution in [-0.2, 0) is 0 Å². The van der Waals surface area contributed by atoms with Crippen LogP contribution in [0.25, 0.3) is 0 Å². The van der Waals surface area contributed by atoms with Crippen LogP contribution in [0.15, 0.2) is 59.5 Å². The maximum Gasteiger partial charge on any atom is 0.127 e. The van der Waals surface area contributed by atoms with Gasteiger partial charge < -0.3 is 4.74 Å². The van der Waals surface area contributed by atoms with E-state index in [0.717, 1.165) is 11.5 Å². The number of para-hydroxylation sites is 1. The van der Waals surface area contributed by atoms with Gasteiger partial charge in [0.2, 0.25) is 0 Å². The van der Waals surface area contributed by atoms with Gasteiger partial charge in [0.15, 0.2) is 0 Å². The zero-order chi connectivity index (χ0) is 13.6. The molecule has 0 spiro atoms. The van der Waals surface area contributed by atoms with Crippen molar-refractivity contribution in [3.8, 4) is 11.5 Å². The van der Waals surface area contributed by atoms with Crippen LogP contribution in [-0.4, -0.2) is 0 Å². The predicted molar refractivity (Wildman–Crippen MR) is 85.1 cm³/mol. The van der Waals surface area contributed by atoms with Crippen molar-refractivity contribution >= 4 is 11.8 Å². The molecule has 2 aromatic rings. The minimum Gasteiger partial charge on any atom is -0.457 e. The van der Waals surface area contributed by atoms with Crippen molar-refractivity contribution in [3.63, 3.8) is 0 Å². The molecule has 0 N–H and O–H groups in total. The summed E-state index contributed by atoms with van der Waals surface area (Å²) in [7, 11) is 0. The van der Waals surface area contributed by atoms with Crippen molar-refractivity contribution in [1.29, 1.82) is 0 Å². The molecule has 0 aliphatic heterocycles. The molecule has 0 bridgehead atoms. The number of benzene rings is 2. The first-order valence-corrected chi connectivity index (χ1v) is 8.07. The number of hydrogen-bond acceptors (Lipinski definition) is 2. The standard InChI is InChI=1S/C18H19OS/c1-3-7-15(8-4-1)19-16-11-13-18(14-12-16)20-17-9-5-2-6-10-17/h1,3-4,7-8,11-14H,2,5-6,9-10H2. The molecular formula is C18H19OS. The van der Waals surface area contributed by atoms with Crippen LogP contribution in [0.4, 0.5) is 0 Å². The van der Waals surface area contributed by atoms with Gasteiger partial charge in [-0.2, -0.15) is 0 Å². The van der Waals surface area contributed by atoms with Gasteiger partial charge in [0.25, 0.3) is 0 Å². The molecule has 20 heavy (non-hydrogen) atoms. The fourth-order valence-electron chi connectivity index (χ4n) is 2.42. The summed E-state index contributed by atoms with van der Waals surface area (Å²) >= 11 is 1.94. The van der Waals surface area contributed by atoms with E-state index in [0.29, 0.717) is 0 Å². The van der Waals surface area contributed by atoms with Crippen LogP contribution >= 0.6 is 11.8 Å². The second-order valence-electron chi connectivity index (χ2n) is 5.09. The maximum atomic E-state index is 5.81. The Labute approximate surface area is 125 Å². The largest absolute Gasteiger partial charge is 0.457 e.